The number of fused-ring (bicyclic) bond motifs is 1. The first-order valence-corrected chi connectivity index (χ1v) is 13.1. The van der Waals surface area contributed by atoms with Gasteiger partial charge >= 0.3 is 0 Å². The number of likely N-dealkylation sites (tertiary alicyclic amines) is 1. The Morgan fingerprint density at radius 3 is 2.79 bits per heavy atom. The van der Waals surface area contributed by atoms with Crippen LogP contribution in [0.25, 0.3) is 16.3 Å². The number of carbonyl (C=O) groups excluding carboxylic acids is 1. The second-order valence-corrected chi connectivity index (χ2v) is 11.0. The van der Waals surface area contributed by atoms with Gasteiger partial charge in [0.25, 0.3) is 0 Å². The van der Waals surface area contributed by atoms with E-state index in [-0.39, 0.29) is 28.6 Å². The van der Waals surface area contributed by atoms with E-state index in [0.29, 0.717) is 12.1 Å². The number of nitrogens with one attached hydrogen (secondary N) is 1. The lowest BCUT2D eigenvalue weighted by molar-refractivity contribution is -0.126. The highest BCUT2D eigenvalue weighted by atomic mass is 32.2. The van der Waals surface area contributed by atoms with Gasteiger partial charge in [-0.25, -0.2) is 18.1 Å². The molecule has 4 rings (SSSR count). The van der Waals surface area contributed by atoms with Crippen LogP contribution >= 0.6 is 11.3 Å². The number of hydrogen-bond donors (Lipinski definition) is 1. The molecule has 3 aromatic rings. The molecule has 0 saturated carbocycles. The van der Waals surface area contributed by atoms with Crippen molar-refractivity contribution in [3.05, 3.63) is 59.1 Å². The summed E-state index contributed by atoms with van der Waals surface area (Å²) in [7, 11) is -2.32. The number of carbonyl (C=O) groups is 1. The number of aromatic nitrogens is 1. The Kier molecular flexibility index (Phi) is 6.83. The highest BCUT2D eigenvalue weighted by Gasteiger charge is 2.31. The summed E-state index contributed by atoms with van der Waals surface area (Å²) in [5.74, 6) is 0.138. The first-order valence-electron chi connectivity index (χ1n) is 10.8. The normalized spacial score (nSPS) is 16.8. The van der Waals surface area contributed by atoms with Gasteiger partial charge in [-0.2, -0.15) is 0 Å². The standard InChI is InChI=1S/C24H27N3O4S2/c1-16(2)26-33(29,30)22-15-17(10-12-20(22)31-3)11-13-23(28)27-14-6-8-19(27)24-25-18-7-4-5-9-21(18)32-24/h4-5,7,9-13,15-16,19,26H,6,8,14H2,1-3H3/b13-11+. The third-order valence-electron chi connectivity index (χ3n) is 5.42. The molecule has 0 aliphatic carbocycles. The molecule has 33 heavy (non-hydrogen) atoms. The van der Waals surface area contributed by atoms with Gasteiger partial charge in [0.05, 0.1) is 23.4 Å². The lowest BCUT2D eigenvalue weighted by Gasteiger charge is -2.21. The van der Waals surface area contributed by atoms with E-state index in [1.165, 1.54) is 19.3 Å². The number of ether oxygens (including phenoxy) is 1. The van der Waals surface area contributed by atoms with Crippen LogP contribution in [-0.4, -0.2) is 43.9 Å². The van der Waals surface area contributed by atoms with E-state index in [1.54, 1.807) is 43.4 Å². The number of nitrogens with zero attached hydrogens (tertiary/aromatic N) is 2. The molecule has 1 saturated heterocycles. The third kappa shape index (κ3) is 5.10. The van der Waals surface area contributed by atoms with Crippen LogP contribution in [0.4, 0.5) is 0 Å². The van der Waals surface area contributed by atoms with Crippen LogP contribution < -0.4 is 9.46 Å². The molecule has 0 bridgehead atoms. The lowest BCUT2D eigenvalue weighted by atomic mass is 10.2. The molecule has 1 N–H and O–H groups in total. The molecule has 0 spiro atoms. The van der Waals surface area contributed by atoms with Crippen LogP contribution in [0.3, 0.4) is 0 Å². The largest absolute Gasteiger partial charge is 0.495 e. The molecule has 0 radical (unpaired) electrons. The van der Waals surface area contributed by atoms with Crippen LogP contribution in [0.5, 0.6) is 5.75 Å². The van der Waals surface area contributed by atoms with Gasteiger partial charge in [0.15, 0.2) is 0 Å². The summed E-state index contributed by atoms with van der Waals surface area (Å²) in [5, 5.41) is 0.952. The molecule has 1 aromatic heterocycles. The zero-order valence-electron chi connectivity index (χ0n) is 18.8. The van der Waals surface area contributed by atoms with E-state index in [1.807, 2.05) is 29.2 Å². The first-order chi connectivity index (χ1) is 15.8. The van der Waals surface area contributed by atoms with E-state index in [9.17, 15) is 13.2 Å². The maximum atomic E-state index is 13.0. The molecule has 9 heteroatoms. The van der Waals surface area contributed by atoms with E-state index in [4.69, 9.17) is 9.72 Å². The molecule has 1 aliphatic heterocycles. The third-order valence-corrected chi connectivity index (χ3v) is 8.24. The minimum absolute atomic E-state index is 0.0402. The number of sulfonamides is 1. The molecule has 174 valence electrons. The van der Waals surface area contributed by atoms with Crippen molar-refractivity contribution in [2.75, 3.05) is 13.7 Å². The van der Waals surface area contributed by atoms with Gasteiger partial charge in [0.2, 0.25) is 15.9 Å². The van der Waals surface area contributed by atoms with E-state index >= 15 is 0 Å². The smallest absolute Gasteiger partial charge is 0.247 e. The number of hydrogen-bond acceptors (Lipinski definition) is 6. The van der Waals surface area contributed by atoms with Crippen LogP contribution in [0, 0.1) is 0 Å². The van der Waals surface area contributed by atoms with E-state index < -0.39 is 10.0 Å². The number of methoxy groups -OCH3 is 1. The molecule has 2 heterocycles. The number of para-hydroxylation sites is 1. The number of amides is 1. The topological polar surface area (TPSA) is 88.6 Å². The van der Waals surface area contributed by atoms with Gasteiger partial charge in [0.1, 0.15) is 15.7 Å². The average Bonchev–Trinajstić information content (AvgIpc) is 3.43. The quantitative estimate of drug-likeness (QED) is 0.502. The first kappa shape index (κ1) is 23.4. The van der Waals surface area contributed by atoms with Crippen molar-refractivity contribution < 1.29 is 17.9 Å². The van der Waals surface area contributed by atoms with Crippen molar-refractivity contribution in [2.45, 2.75) is 43.7 Å². The lowest BCUT2D eigenvalue weighted by Crippen LogP contribution is -2.30. The fourth-order valence-electron chi connectivity index (χ4n) is 3.96. The zero-order valence-corrected chi connectivity index (χ0v) is 20.4. The Labute approximate surface area is 198 Å². The summed E-state index contributed by atoms with van der Waals surface area (Å²) >= 11 is 1.63. The van der Waals surface area contributed by atoms with Crippen LogP contribution in [-0.2, 0) is 14.8 Å². The fraction of sp³-hybridized carbons (Fsp3) is 0.333. The Bertz CT molecular complexity index is 1270. The molecular weight excluding hydrogens is 458 g/mol. The summed E-state index contributed by atoms with van der Waals surface area (Å²) in [6.45, 7) is 4.18. The van der Waals surface area contributed by atoms with Gasteiger partial charge < -0.3 is 9.64 Å². The molecule has 1 aliphatic rings. The molecule has 1 unspecified atom stereocenters. The highest BCUT2D eigenvalue weighted by Crippen LogP contribution is 2.36. The maximum Gasteiger partial charge on any atom is 0.247 e. The van der Waals surface area contributed by atoms with Crippen molar-refractivity contribution in [1.29, 1.82) is 0 Å². The monoisotopic (exact) mass is 485 g/mol. The fourth-order valence-corrected chi connectivity index (χ4v) is 6.53. The van der Waals surface area contributed by atoms with E-state index in [0.717, 1.165) is 28.1 Å². The van der Waals surface area contributed by atoms with Gasteiger partial charge in [-0.3, -0.25) is 4.79 Å². The molecular formula is C24H27N3O4S2. The summed E-state index contributed by atoms with van der Waals surface area (Å²) in [6, 6.07) is 12.5. The SMILES string of the molecule is COc1ccc(/C=C/C(=O)N2CCCC2c2nc3ccccc3s2)cc1S(=O)(=O)NC(C)C. The predicted octanol–water partition coefficient (Wildman–Crippen LogP) is 4.37. The second-order valence-electron chi connectivity index (χ2n) is 8.23. The van der Waals surface area contributed by atoms with Crippen molar-refractivity contribution in [1.82, 2.24) is 14.6 Å². The van der Waals surface area contributed by atoms with Gasteiger partial charge in [-0.15, -0.1) is 11.3 Å². The Balaban J connectivity index is 1.56. The number of rotatable bonds is 7. The van der Waals surface area contributed by atoms with Crippen LogP contribution in [0.2, 0.25) is 0 Å². The summed E-state index contributed by atoms with van der Waals surface area (Å²) in [5.41, 5.74) is 1.55. The Morgan fingerprint density at radius 2 is 2.06 bits per heavy atom. The number of thiazole rings is 1. The van der Waals surface area contributed by atoms with Crippen LogP contribution in [0.1, 0.15) is 43.3 Å². The molecule has 1 amide bonds. The maximum absolute atomic E-state index is 13.0. The van der Waals surface area contributed by atoms with Gasteiger partial charge in [-0.05, 0) is 62.6 Å². The Morgan fingerprint density at radius 1 is 1.27 bits per heavy atom. The van der Waals surface area contributed by atoms with Gasteiger partial charge in [-0.1, -0.05) is 18.2 Å². The van der Waals surface area contributed by atoms with Crippen molar-refractivity contribution in [2.24, 2.45) is 0 Å². The highest BCUT2D eigenvalue weighted by molar-refractivity contribution is 7.89. The zero-order chi connectivity index (χ0) is 23.6. The molecule has 1 fully saturated rings. The summed E-state index contributed by atoms with van der Waals surface area (Å²) in [6.07, 6.45) is 4.95. The minimum atomic E-state index is -3.75. The average molecular weight is 486 g/mol. The predicted molar refractivity (Wildman–Crippen MR) is 131 cm³/mol. The minimum Gasteiger partial charge on any atom is -0.495 e. The summed E-state index contributed by atoms with van der Waals surface area (Å²) < 4.78 is 34.3. The van der Waals surface area contributed by atoms with Crippen LogP contribution in [0.15, 0.2) is 53.4 Å². The second kappa shape index (κ2) is 9.62. The number of benzene rings is 2. The molecule has 2 aromatic carbocycles. The Hall–Kier alpha value is -2.75. The molecule has 7 nitrogen and oxygen atoms in total. The molecule has 1 atom stereocenters. The van der Waals surface area contributed by atoms with Gasteiger partial charge in [0, 0.05) is 18.7 Å². The van der Waals surface area contributed by atoms with Crippen molar-refractivity contribution >= 4 is 43.6 Å². The van der Waals surface area contributed by atoms with E-state index in [2.05, 4.69) is 4.72 Å². The van der Waals surface area contributed by atoms with Crippen molar-refractivity contribution in [3.63, 3.8) is 0 Å². The van der Waals surface area contributed by atoms with Crippen molar-refractivity contribution in [3.8, 4) is 5.75 Å². The summed E-state index contributed by atoms with van der Waals surface area (Å²) in [4.78, 5) is 19.7.